The lowest BCUT2D eigenvalue weighted by atomic mass is 10.0. The Labute approximate surface area is 192 Å². The van der Waals surface area contributed by atoms with Crippen LogP contribution in [0.3, 0.4) is 0 Å². The lowest BCUT2D eigenvalue weighted by Crippen LogP contribution is -2.27. The van der Waals surface area contributed by atoms with E-state index < -0.39 is 26.1 Å². The summed E-state index contributed by atoms with van der Waals surface area (Å²) in [6.07, 6.45) is 0.385. The number of hydrogen-bond acceptors (Lipinski definition) is 6. The summed E-state index contributed by atoms with van der Waals surface area (Å²) in [5.41, 5.74) is 2.32. The van der Waals surface area contributed by atoms with E-state index in [1.165, 1.54) is 15.8 Å². The number of benzene rings is 2. The summed E-state index contributed by atoms with van der Waals surface area (Å²) >= 11 is 1.48. The average molecular weight is 490 g/mol. The van der Waals surface area contributed by atoms with Crippen LogP contribution in [0.15, 0.2) is 76.0 Å². The Morgan fingerprint density at radius 3 is 2.53 bits per heavy atom. The van der Waals surface area contributed by atoms with Crippen LogP contribution in [0.2, 0.25) is 0 Å². The van der Waals surface area contributed by atoms with Gasteiger partial charge in [0.15, 0.2) is 0 Å². The van der Waals surface area contributed by atoms with Gasteiger partial charge >= 0.3 is 0 Å². The number of hydrogen-bond donors (Lipinski definition) is 1. The lowest BCUT2D eigenvalue weighted by molar-refractivity contribution is 0.375. The van der Waals surface area contributed by atoms with E-state index in [4.69, 9.17) is 0 Å². The van der Waals surface area contributed by atoms with Crippen LogP contribution in [0.5, 0.6) is 0 Å². The molecule has 1 unspecified atom stereocenters. The molecular formula is C22H23N3O4S3. The number of anilines is 1. The van der Waals surface area contributed by atoms with E-state index in [0.29, 0.717) is 28.9 Å². The number of aryl methyl sites for hydroxylation is 1. The summed E-state index contributed by atoms with van der Waals surface area (Å²) in [4.78, 5) is 1.11. The largest absolute Gasteiger partial charge is 0.284 e. The fourth-order valence-electron chi connectivity index (χ4n) is 3.54. The van der Waals surface area contributed by atoms with Crippen molar-refractivity contribution in [2.75, 3.05) is 10.5 Å². The molecule has 0 fully saturated rings. The van der Waals surface area contributed by atoms with Crippen molar-refractivity contribution in [3.63, 3.8) is 0 Å². The molecule has 3 aromatic rings. The summed E-state index contributed by atoms with van der Waals surface area (Å²) in [6.45, 7) is 3.32. The van der Waals surface area contributed by atoms with Gasteiger partial charge in [0.25, 0.3) is 10.0 Å². The molecule has 0 aliphatic carbocycles. The highest BCUT2D eigenvalue weighted by Gasteiger charge is 2.38. The number of nitrogens with one attached hydrogen (secondary N) is 1. The second-order valence-corrected chi connectivity index (χ2v) is 12.2. The van der Waals surface area contributed by atoms with Gasteiger partial charge in [0.05, 0.1) is 16.4 Å². The molecule has 168 valence electrons. The number of rotatable bonds is 7. The Morgan fingerprint density at radius 2 is 1.84 bits per heavy atom. The van der Waals surface area contributed by atoms with Gasteiger partial charge in [-0.2, -0.15) is 17.9 Å². The standard InChI is InChI=1S/C22H23N3O4S3/c1-3-31(26,27)24-18-10-6-9-17(14-18)19-15-20(21-11-7-13-30-21)25(23-19)32(28,29)22-12-5-4-8-16(22)2/h4-14,20,24H,3,15H2,1-2H3. The van der Waals surface area contributed by atoms with Crippen LogP contribution in [0, 0.1) is 6.92 Å². The quantitative estimate of drug-likeness (QED) is 0.533. The molecule has 1 aliphatic heterocycles. The number of nitrogens with zero attached hydrogens (tertiary/aromatic N) is 2. The first-order valence-corrected chi connectivity index (χ1v) is 14.0. The van der Waals surface area contributed by atoms with Crippen LogP contribution >= 0.6 is 11.3 Å². The van der Waals surface area contributed by atoms with Gasteiger partial charge in [-0.3, -0.25) is 4.72 Å². The Kier molecular flexibility index (Phi) is 6.11. The predicted molar refractivity (Wildman–Crippen MR) is 128 cm³/mol. The maximum atomic E-state index is 13.6. The summed E-state index contributed by atoms with van der Waals surface area (Å²) in [5, 5.41) is 6.44. The molecule has 0 amide bonds. The van der Waals surface area contributed by atoms with E-state index >= 15 is 0 Å². The van der Waals surface area contributed by atoms with Gasteiger partial charge in [0.1, 0.15) is 6.04 Å². The number of hydrazone groups is 1. The molecular weight excluding hydrogens is 466 g/mol. The van der Waals surface area contributed by atoms with Crippen molar-refractivity contribution in [2.45, 2.75) is 31.2 Å². The minimum atomic E-state index is -3.89. The third-order valence-corrected chi connectivity index (χ3v) is 9.33. The van der Waals surface area contributed by atoms with Crippen molar-refractivity contribution in [2.24, 2.45) is 5.10 Å². The van der Waals surface area contributed by atoms with Crippen LogP contribution in [0.25, 0.3) is 0 Å². The summed E-state index contributed by atoms with van der Waals surface area (Å²) < 4.78 is 54.8. The molecule has 0 saturated heterocycles. The zero-order valence-electron chi connectivity index (χ0n) is 17.6. The fourth-order valence-corrected chi connectivity index (χ4v) is 6.70. The van der Waals surface area contributed by atoms with E-state index in [1.807, 2.05) is 17.5 Å². The molecule has 10 heteroatoms. The van der Waals surface area contributed by atoms with Gasteiger partial charge in [0, 0.05) is 17.0 Å². The van der Waals surface area contributed by atoms with Gasteiger partial charge in [-0.25, -0.2) is 8.42 Å². The van der Waals surface area contributed by atoms with Crippen molar-refractivity contribution in [3.05, 3.63) is 82.0 Å². The van der Waals surface area contributed by atoms with Crippen molar-refractivity contribution >= 4 is 42.8 Å². The molecule has 2 aromatic carbocycles. The van der Waals surface area contributed by atoms with Crippen molar-refractivity contribution < 1.29 is 16.8 Å². The maximum Gasteiger partial charge on any atom is 0.279 e. The molecule has 4 rings (SSSR count). The van der Waals surface area contributed by atoms with Gasteiger partial charge in [0.2, 0.25) is 10.0 Å². The predicted octanol–water partition coefficient (Wildman–Crippen LogP) is 4.36. The maximum absolute atomic E-state index is 13.6. The van der Waals surface area contributed by atoms with E-state index in [2.05, 4.69) is 9.82 Å². The number of thiophene rings is 1. The average Bonchev–Trinajstić information content (AvgIpc) is 3.44. The molecule has 1 aliphatic rings. The normalized spacial score (nSPS) is 16.8. The second-order valence-electron chi connectivity index (χ2n) is 7.41. The minimum absolute atomic E-state index is 0.0406. The first-order chi connectivity index (χ1) is 15.2. The third-order valence-electron chi connectivity index (χ3n) is 5.21. The highest BCUT2D eigenvalue weighted by Crippen LogP contribution is 2.39. The van der Waals surface area contributed by atoms with Gasteiger partial charge in [-0.05, 0) is 54.6 Å². The third kappa shape index (κ3) is 4.43. The molecule has 0 bridgehead atoms. The van der Waals surface area contributed by atoms with Crippen LogP contribution in [-0.2, 0) is 20.0 Å². The van der Waals surface area contributed by atoms with Gasteiger partial charge in [-0.1, -0.05) is 36.4 Å². The summed E-state index contributed by atoms with van der Waals surface area (Å²) in [6, 6.07) is 17.0. The molecule has 32 heavy (non-hydrogen) atoms. The van der Waals surface area contributed by atoms with Crippen molar-refractivity contribution in [1.82, 2.24) is 4.41 Å². The lowest BCUT2D eigenvalue weighted by Gasteiger charge is -2.23. The molecule has 0 radical (unpaired) electrons. The van der Waals surface area contributed by atoms with Crippen molar-refractivity contribution in [1.29, 1.82) is 0 Å². The van der Waals surface area contributed by atoms with Crippen LogP contribution in [-0.4, -0.2) is 32.7 Å². The van der Waals surface area contributed by atoms with Crippen LogP contribution < -0.4 is 4.72 Å². The minimum Gasteiger partial charge on any atom is -0.284 e. The molecule has 2 heterocycles. The molecule has 1 atom stereocenters. The Morgan fingerprint density at radius 1 is 1.06 bits per heavy atom. The molecule has 1 aromatic heterocycles. The Hall–Kier alpha value is -2.69. The molecule has 1 N–H and O–H groups in total. The van der Waals surface area contributed by atoms with Crippen LogP contribution in [0.1, 0.15) is 35.4 Å². The number of sulfonamides is 2. The zero-order chi connectivity index (χ0) is 22.9. The fraction of sp³-hybridized carbons (Fsp3) is 0.227. The second kappa shape index (κ2) is 8.68. The van der Waals surface area contributed by atoms with Crippen molar-refractivity contribution in [3.8, 4) is 0 Å². The molecule has 7 nitrogen and oxygen atoms in total. The molecule has 0 saturated carbocycles. The Bertz CT molecular complexity index is 1360. The first-order valence-electron chi connectivity index (χ1n) is 10.0. The Balaban J connectivity index is 1.76. The monoisotopic (exact) mass is 489 g/mol. The smallest absolute Gasteiger partial charge is 0.279 e. The van der Waals surface area contributed by atoms with Gasteiger partial charge < -0.3 is 0 Å². The van der Waals surface area contributed by atoms with E-state index in [0.717, 1.165) is 4.88 Å². The highest BCUT2D eigenvalue weighted by atomic mass is 32.2. The molecule has 0 spiro atoms. The van der Waals surface area contributed by atoms with E-state index in [1.54, 1.807) is 62.4 Å². The highest BCUT2D eigenvalue weighted by molar-refractivity contribution is 7.92. The SMILES string of the molecule is CCS(=O)(=O)Nc1cccc(C2=NN(S(=O)(=O)c3ccccc3C)C(c3cccs3)C2)c1. The van der Waals surface area contributed by atoms with Gasteiger partial charge in [-0.15, -0.1) is 11.3 Å². The zero-order valence-corrected chi connectivity index (χ0v) is 20.0. The van der Waals surface area contributed by atoms with E-state index in [-0.39, 0.29) is 10.6 Å². The van der Waals surface area contributed by atoms with E-state index in [9.17, 15) is 16.8 Å². The summed E-state index contributed by atoms with van der Waals surface area (Å²) in [7, 11) is -7.32. The first kappa shape index (κ1) is 22.5. The van der Waals surface area contributed by atoms with Crippen LogP contribution in [0.4, 0.5) is 5.69 Å². The topological polar surface area (TPSA) is 95.9 Å². The summed E-state index contributed by atoms with van der Waals surface area (Å²) in [5.74, 6) is -0.0406.